The van der Waals surface area contributed by atoms with Crippen LogP contribution in [0.2, 0.25) is 0 Å². The fourth-order valence-electron chi connectivity index (χ4n) is 2.06. The number of hydrogen-bond acceptors (Lipinski definition) is 3. The molecule has 0 unspecified atom stereocenters. The topological polar surface area (TPSA) is 37.0 Å². The summed E-state index contributed by atoms with van der Waals surface area (Å²) in [6, 6.07) is 11.3. The van der Waals surface area contributed by atoms with Gasteiger partial charge in [-0.05, 0) is 26.0 Å². The first-order chi connectivity index (χ1) is 9.06. The van der Waals surface area contributed by atoms with Crippen molar-refractivity contribution >= 4 is 16.6 Å². The normalized spacial score (nSPS) is 11.5. The Hall–Kier alpha value is -1.61. The van der Waals surface area contributed by atoms with E-state index in [2.05, 4.69) is 62.6 Å². The predicted octanol–water partition coefficient (Wildman–Crippen LogP) is 3.55. The molecule has 2 aromatic rings. The molecular weight excluding hydrogens is 234 g/mol. The van der Waals surface area contributed by atoms with Crippen molar-refractivity contribution in [1.82, 2.24) is 10.3 Å². The van der Waals surface area contributed by atoms with Crippen molar-refractivity contribution in [2.75, 3.05) is 5.32 Å². The molecule has 2 rings (SSSR count). The van der Waals surface area contributed by atoms with Crippen molar-refractivity contribution in [3.63, 3.8) is 0 Å². The molecule has 0 atom stereocenters. The largest absolute Gasteiger partial charge is 0.382 e. The van der Waals surface area contributed by atoms with Gasteiger partial charge in [0, 0.05) is 29.7 Å². The number of nitrogens with zero attached hydrogens (tertiary/aromatic N) is 1. The van der Waals surface area contributed by atoms with Crippen molar-refractivity contribution in [2.24, 2.45) is 0 Å². The average molecular weight is 257 g/mol. The molecule has 0 spiro atoms. The van der Waals surface area contributed by atoms with E-state index in [9.17, 15) is 0 Å². The molecule has 1 heterocycles. The van der Waals surface area contributed by atoms with Crippen LogP contribution in [0.5, 0.6) is 0 Å². The second kappa shape index (κ2) is 6.02. The van der Waals surface area contributed by atoms with Gasteiger partial charge in [0.05, 0.1) is 11.2 Å². The summed E-state index contributed by atoms with van der Waals surface area (Å²) in [5, 5.41) is 8.11. The molecule has 0 bridgehead atoms. The summed E-state index contributed by atoms with van der Waals surface area (Å²) in [6.45, 7) is 9.40. The minimum absolute atomic E-state index is 0.414. The summed E-state index contributed by atoms with van der Waals surface area (Å²) in [5.74, 6) is 0. The number of pyridine rings is 1. The quantitative estimate of drug-likeness (QED) is 0.860. The smallest absolute Gasteiger partial charge is 0.0726 e. The number of nitrogens with one attached hydrogen (secondary N) is 2. The number of hydrogen-bond donors (Lipinski definition) is 2. The van der Waals surface area contributed by atoms with E-state index in [4.69, 9.17) is 4.98 Å². The van der Waals surface area contributed by atoms with Crippen molar-refractivity contribution in [2.45, 2.75) is 46.3 Å². The molecule has 0 fully saturated rings. The van der Waals surface area contributed by atoms with Gasteiger partial charge >= 0.3 is 0 Å². The van der Waals surface area contributed by atoms with Crippen LogP contribution in [0.1, 0.15) is 33.4 Å². The van der Waals surface area contributed by atoms with Gasteiger partial charge in [-0.1, -0.05) is 32.0 Å². The van der Waals surface area contributed by atoms with Gasteiger partial charge in [0.15, 0.2) is 0 Å². The first-order valence-electron chi connectivity index (χ1n) is 6.95. The minimum atomic E-state index is 0.414. The summed E-state index contributed by atoms with van der Waals surface area (Å²) in [4.78, 5) is 4.71. The highest BCUT2D eigenvalue weighted by molar-refractivity contribution is 5.91. The molecule has 1 aromatic carbocycles. The Morgan fingerprint density at radius 2 is 1.79 bits per heavy atom. The summed E-state index contributed by atoms with van der Waals surface area (Å²) in [5.41, 5.74) is 3.30. The molecule has 0 saturated heterocycles. The van der Waals surface area contributed by atoms with Crippen LogP contribution in [0, 0.1) is 0 Å². The number of anilines is 1. The lowest BCUT2D eigenvalue weighted by atomic mass is 10.1. The van der Waals surface area contributed by atoms with E-state index in [1.54, 1.807) is 0 Å². The number of para-hydroxylation sites is 1. The minimum Gasteiger partial charge on any atom is -0.382 e. The third kappa shape index (κ3) is 3.67. The van der Waals surface area contributed by atoms with E-state index >= 15 is 0 Å². The predicted molar refractivity (Wildman–Crippen MR) is 82.5 cm³/mol. The molecule has 0 saturated carbocycles. The number of fused-ring (bicyclic) bond motifs is 1. The van der Waals surface area contributed by atoms with Gasteiger partial charge in [0.1, 0.15) is 0 Å². The molecule has 19 heavy (non-hydrogen) atoms. The monoisotopic (exact) mass is 257 g/mol. The Kier molecular flexibility index (Phi) is 4.38. The fraction of sp³-hybridized carbons (Fsp3) is 0.438. The van der Waals surface area contributed by atoms with E-state index in [-0.39, 0.29) is 0 Å². The van der Waals surface area contributed by atoms with E-state index in [0.29, 0.717) is 12.1 Å². The van der Waals surface area contributed by atoms with Crippen LogP contribution < -0.4 is 10.6 Å². The Bertz CT molecular complexity index is 547. The van der Waals surface area contributed by atoms with Crippen molar-refractivity contribution in [3.8, 4) is 0 Å². The number of benzene rings is 1. The maximum absolute atomic E-state index is 4.71. The maximum atomic E-state index is 4.71. The molecule has 0 aliphatic carbocycles. The molecule has 0 amide bonds. The van der Waals surface area contributed by atoms with Gasteiger partial charge in [-0.25, -0.2) is 0 Å². The van der Waals surface area contributed by atoms with E-state index in [1.165, 1.54) is 11.1 Å². The van der Waals surface area contributed by atoms with Gasteiger partial charge in [0.25, 0.3) is 0 Å². The lowest BCUT2D eigenvalue weighted by Gasteiger charge is -2.15. The first-order valence-corrected chi connectivity index (χ1v) is 6.95. The van der Waals surface area contributed by atoms with Crippen molar-refractivity contribution < 1.29 is 0 Å². The second-order valence-electron chi connectivity index (χ2n) is 5.51. The van der Waals surface area contributed by atoms with E-state index in [0.717, 1.165) is 17.8 Å². The molecule has 0 aliphatic rings. The summed E-state index contributed by atoms with van der Waals surface area (Å²) in [6.07, 6.45) is 0. The zero-order valence-electron chi connectivity index (χ0n) is 12.2. The van der Waals surface area contributed by atoms with Crippen LogP contribution >= 0.6 is 0 Å². The molecular formula is C16H23N3. The zero-order chi connectivity index (χ0) is 13.8. The van der Waals surface area contributed by atoms with Crippen molar-refractivity contribution in [1.29, 1.82) is 0 Å². The molecule has 3 heteroatoms. The van der Waals surface area contributed by atoms with Gasteiger partial charge in [-0.3, -0.25) is 4.98 Å². The number of aromatic nitrogens is 1. The van der Waals surface area contributed by atoms with Crippen LogP contribution in [-0.2, 0) is 6.54 Å². The zero-order valence-corrected chi connectivity index (χ0v) is 12.2. The Balaban J connectivity index is 2.38. The van der Waals surface area contributed by atoms with Gasteiger partial charge in [-0.15, -0.1) is 0 Å². The lowest BCUT2D eigenvalue weighted by Crippen LogP contribution is -2.22. The van der Waals surface area contributed by atoms with Gasteiger partial charge < -0.3 is 10.6 Å². The summed E-state index contributed by atoms with van der Waals surface area (Å²) in [7, 11) is 0. The molecule has 1 aromatic heterocycles. The Morgan fingerprint density at radius 1 is 1.05 bits per heavy atom. The van der Waals surface area contributed by atoms with Crippen LogP contribution in [0.3, 0.4) is 0 Å². The van der Waals surface area contributed by atoms with Crippen LogP contribution in [0.15, 0.2) is 30.3 Å². The number of rotatable bonds is 5. The fourth-order valence-corrected chi connectivity index (χ4v) is 2.06. The van der Waals surface area contributed by atoms with Gasteiger partial charge in [-0.2, -0.15) is 0 Å². The first kappa shape index (κ1) is 13.8. The van der Waals surface area contributed by atoms with Crippen LogP contribution in [0.25, 0.3) is 10.9 Å². The van der Waals surface area contributed by atoms with E-state index in [1.807, 2.05) is 6.07 Å². The lowest BCUT2D eigenvalue weighted by molar-refractivity contribution is 0.582. The Labute approximate surface area is 115 Å². The summed E-state index contributed by atoms with van der Waals surface area (Å²) >= 11 is 0. The molecule has 0 aliphatic heterocycles. The summed E-state index contributed by atoms with van der Waals surface area (Å²) < 4.78 is 0. The SMILES string of the molecule is CC(C)NCc1cc(NC(C)C)c2ccccc2n1. The second-order valence-corrected chi connectivity index (χ2v) is 5.51. The highest BCUT2D eigenvalue weighted by atomic mass is 14.9. The molecule has 102 valence electrons. The highest BCUT2D eigenvalue weighted by Crippen LogP contribution is 2.23. The third-order valence-electron chi connectivity index (χ3n) is 2.90. The standard InChI is InChI=1S/C16H23N3/c1-11(2)17-10-13-9-16(18-12(3)4)14-7-5-6-8-15(14)19-13/h5-9,11-12,17H,10H2,1-4H3,(H,18,19). The van der Waals surface area contributed by atoms with Crippen LogP contribution in [0.4, 0.5) is 5.69 Å². The molecule has 3 nitrogen and oxygen atoms in total. The van der Waals surface area contributed by atoms with Crippen molar-refractivity contribution in [3.05, 3.63) is 36.0 Å². The molecule has 2 N–H and O–H groups in total. The van der Waals surface area contributed by atoms with Crippen LogP contribution in [-0.4, -0.2) is 17.1 Å². The molecule has 0 radical (unpaired) electrons. The third-order valence-corrected chi connectivity index (χ3v) is 2.90. The Morgan fingerprint density at radius 3 is 2.47 bits per heavy atom. The highest BCUT2D eigenvalue weighted by Gasteiger charge is 2.06. The maximum Gasteiger partial charge on any atom is 0.0726 e. The van der Waals surface area contributed by atoms with E-state index < -0.39 is 0 Å². The average Bonchev–Trinajstić information content (AvgIpc) is 2.35. The van der Waals surface area contributed by atoms with Gasteiger partial charge in [0.2, 0.25) is 0 Å².